The van der Waals surface area contributed by atoms with Crippen LogP contribution < -0.4 is 20.9 Å². The lowest BCUT2D eigenvalue weighted by Gasteiger charge is -2.23. The second-order valence-electron chi connectivity index (χ2n) is 7.39. The van der Waals surface area contributed by atoms with Gasteiger partial charge in [0.2, 0.25) is 10.0 Å². The van der Waals surface area contributed by atoms with Crippen LogP contribution in [0.4, 0.5) is 24.5 Å². The first kappa shape index (κ1) is 24.7. The number of fused-ring (bicyclic) bond motifs is 1. The molecule has 2 heterocycles. The molecule has 0 saturated carbocycles. The Bertz CT molecular complexity index is 1340. The Balaban J connectivity index is 1.98. The molecule has 1 aliphatic heterocycles. The molecule has 180 valence electrons. The molecular formula is C17H19F3N5O6PS. The van der Waals surface area contributed by atoms with Crippen LogP contribution >= 0.6 is 7.52 Å². The second-order valence-corrected chi connectivity index (χ2v) is 10.9. The molecule has 4 N–H and O–H groups in total. The number of alkyl halides is 3. The first-order valence-electron chi connectivity index (χ1n) is 9.27. The van der Waals surface area contributed by atoms with E-state index in [-0.39, 0.29) is 16.7 Å². The molecule has 3 rings (SSSR count). The number of nitrogens with zero attached hydrogens (tertiary/aromatic N) is 3. The molecule has 1 aromatic carbocycles. The molecule has 0 bridgehead atoms. The molecule has 2 unspecified atom stereocenters. The molecule has 0 radical (unpaired) electrons. The van der Waals surface area contributed by atoms with Gasteiger partial charge < -0.3 is 15.3 Å². The molecule has 1 aliphatic rings. The molecule has 0 saturated heterocycles. The van der Waals surface area contributed by atoms with Crippen molar-refractivity contribution < 1.29 is 36.2 Å². The highest BCUT2D eigenvalue weighted by molar-refractivity contribution is 7.92. The molecule has 0 amide bonds. The fourth-order valence-corrected chi connectivity index (χ4v) is 4.79. The van der Waals surface area contributed by atoms with Gasteiger partial charge >= 0.3 is 13.7 Å². The molecule has 33 heavy (non-hydrogen) atoms. The number of halogens is 3. The normalized spacial score (nSPS) is 19.3. The summed E-state index contributed by atoms with van der Waals surface area (Å²) >= 11 is 0. The van der Waals surface area contributed by atoms with Gasteiger partial charge in [0.15, 0.2) is 11.6 Å². The lowest BCUT2D eigenvalue weighted by molar-refractivity contribution is -0.171. The van der Waals surface area contributed by atoms with Crippen LogP contribution in [-0.4, -0.2) is 46.5 Å². The molecule has 0 aliphatic carbocycles. The highest BCUT2D eigenvalue weighted by Crippen LogP contribution is 2.47. The van der Waals surface area contributed by atoms with E-state index in [0.29, 0.717) is 4.68 Å². The zero-order valence-corrected chi connectivity index (χ0v) is 18.9. The minimum atomic E-state index is -4.54. The summed E-state index contributed by atoms with van der Waals surface area (Å²) in [5, 5.41) is 16.1. The predicted molar refractivity (Wildman–Crippen MR) is 115 cm³/mol. The van der Waals surface area contributed by atoms with Gasteiger partial charge in [0.05, 0.1) is 29.4 Å². The van der Waals surface area contributed by atoms with E-state index in [2.05, 4.69) is 19.9 Å². The summed E-state index contributed by atoms with van der Waals surface area (Å²) in [5.41, 5.74) is -1.56. The van der Waals surface area contributed by atoms with Crippen molar-refractivity contribution >= 4 is 40.1 Å². The highest BCUT2D eigenvalue weighted by atomic mass is 32.2. The maximum atomic E-state index is 12.8. The van der Waals surface area contributed by atoms with Gasteiger partial charge in [-0.1, -0.05) is 6.92 Å². The first-order valence-corrected chi connectivity index (χ1v) is 12.8. The molecule has 2 atom stereocenters. The number of aryl methyl sites for hydroxylation is 1. The lowest BCUT2D eigenvalue weighted by Crippen LogP contribution is -2.34. The Labute approximate surface area is 185 Å². The minimum absolute atomic E-state index is 0.00104. The van der Waals surface area contributed by atoms with Crippen molar-refractivity contribution in [1.82, 2.24) is 9.78 Å². The van der Waals surface area contributed by atoms with Crippen LogP contribution in [0.2, 0.25) is 0 Å². The van der Waals surface area contributed by atoms with Crippen molar-refractivity contribution in [3.8, 4) is 5.75 Å². The number of amidine groups is 1. The number of rotatable bonds is 6. The van der Waals surface area contributed by atoms with Crippen LogP contribution in [0, 0.1) is 5.92 Å². The minimum Gasteiger partial charge on any atom is -0.505 e. The second kappa shape index (κ2) is 8.47. The summed E-state index contributed by atoms with van der Waals surface area (Å²) in [6, 6.07) is 3.65. The van der Waals surface area contributed by atoms with E-state index < -0.39 is 65.3 Å². The molecule has 11 nitrogen and oxygen atoms in total. The van der Waals surface area contributed by atoms with E-state index >= 15 is 0 Å². The van der Waals surface area contributed by atoms with Gasteiger partial charge in [0.1, 0.15) is 5.56 Å². The van der Waals surface area contributed by atoms with Crippen molar-refractivity contribution in [2.24, 2.45) is 10.7 Å². The van der Waals surface area contributed by atoms with E-state index in [1.54, 1.807) is 0 Å². The smallest absolute Gasteiger partial charge is 0.391 e. The number of aromatic nitrogens is 2. The van der Waals surface area contributed by atoms with E-state index in [4.69, 9.17) is 0 Å². The van der Waals surface area contributed by atoms with Crippen molar-refractivity contribution in [1.29, 1.82) is 0 Å². The molecule has 16 heteroatoms. The Morgan fingerprint density at radius 2 is 2.00 bits per heavy atom. The standard InChI is InChI=1S/C17H19F3N5O6PS/c1-9(17(18,19)20)5-6-25-16(27)14(12(26)8-21-25)15-22-11-4-3-10(24-33(2,30)31)7-13(11)32(28,29)23-15/h3-4,7-9,24,26H,5-6H2,1-2H3,(H2,22,23,28,29). The molecular weight excluding hydrogens is 490 g/mol. The van der Waals surface area contributed by atoms with Crippen LogP contribution in [0.25, 0.3) is 0 Å². The monoisotopic (exact) mass is 509 g/mol. The molecule has 0 spiro atoms. The third-order valence-electron chi connectivity index (χ3n) is 4.70. The predicted octanol–water partition coefficient (Wildman–Crippen LogP) is 1.59. The third kappa shape index (κ3) is 5.54. The number of hydrogen-bond donors (Lipinski definition) is 4. The van der Waals surface area contributed by atoms with Crippen LogP contribution in [0.15, 0.2) is 34.0 Å². The summed E-state index contributed by atoms with van der Waals surface area (Å²) in [6.45, 7) is 0.527. The van der Waals surface area contributed by atoms with Gasteiger partial charge in [-0.05, 0) is 24.6 Å². The number of sulfonamides is 1. The number of benzene rings is 1. The Morgan fingerprint density at radius 1 is 1.33 bits per heavy atom. The van der Waals surface area contributed by atoms with E-state index in [1.165, 1.54) is 12.1 Å². The summed E-state index contributed by atoms with van der Waals surface area (Å²) in [7, 11) is -8.20. The Hall–Kier alpha value is -2.90. The lowest BCUT2D eigenvalue weighted by atomic mass is 10.1. The number of nitrogens with one attached hydrogen (secondary N) is 2. The van der Waals surface area contributed by atoms with E-state index in [9.17, 15) is 40.9 Å². The quantitative estimate of drug-likeness (QED) is 0.427. The fraction of sp³-hybridized carbons (Fsp3) is 0.353. The van der Waals surface area contributed by atoms with Crippen molar-refractivity contribution in [3.05, 3.63) is 40.3 Å². The van der Waals surface area contributed by atoms with Gasteiger partial charge in [-0.2, -0.15) is 23.0 Å². The van der Waals surface area contributed by atoms with E-state index in [1.807, 2.05) is 0 Å². The topological polar surface area (TPSA) is 163 Å². The Morgan fingerprint density at radius 3 is 2.61 bits per heavy atom. The summed E-state index contributed by atoms with van der Waals surface area (Å²) in [5.74, 6) is -2.90. The van der Waals surface area contributed by atoms with Gasteiger partial charge in [0.25, 0.3) is 5.56 Å². The van der Waals surface area contributed by atoms with Crippen molar-refractivity contribution in [2.75, 3.05) is 16.3 Å². The summed E-state index contributed by atoms with van der Waals surface area (Å²) in [6.07, 6.45) is -3.21. The molecule has 0 fully saturated rings. The molecule has 1 aromatic heterocycles. The van der Waals surface area contributed by atoms with Crippen molar-refractivity contribution in [3.63, 3.8) is 0 Å². The largest absolute Gasteiger partial charge is 0.505 e. The zero-order valence-electron chi connectivity index (χ0n) is 17.2. The summed E-state index contributed by atoms with van der Waals surface area (Å²) < 4.78 is 80.4. The van der Waals surface area contributed by atoms with Crippen LogP contribution in [0.5, 0.6) is 5.75 Å². The average molecular weight is 509 g/mol. The SMILES string of the molecule is CC(CCn1ncc(O)c(C2=NP(=O)(O)c3cc(NS(C)(=O)=O)ccc3N2)c1=O)C(F)(F)F. The van der Waals surface area contributed by atoms with E-state index in [0.717, 1.165) is 25.4 Å². The van der Waals surface area contributed by atoms with Gasteiger partial charge in [-0.25, -0.2) is 13.1 Å². The third-order valence-corrected chi connectivity index (χ3v) is 6.77. The van der Waals surface area contributed by atoms with Gasteiger partial charge in [0, 0.05) is 12.2 Å². The zero-order chi connectivity index (χ0) is 24.8. The average Bonchev–Trinajstić information content (AvgIpc) is 2.65. The fourth-order valence-electron chi connectivity index (χ4n) is 2.95. The highest BCUT2D eigenvalue weighted by Gasteiger charge is 2.36. The maximum absolute atomic E-state index is 12.8. The molecule has 2 aromatic rings. The van der Waals surface area contributed by atoms with Gasteiger partial charge in [-0.3, -0.25) is 14.1 Å². The van der Waals surface area contributed by atoms with Crippen molar-refractivity contribution in [2.45, 2.75) is 26.1 Å². The number of anilines is 2. The van der Waals surface area contributed by atoms with Gasteiger partial charge in [-0.15, -0.1) is 0 Å². The summed E-state index contributed by atoms with van der Waals surface area (Å²) in [4.78, 5) is 23.2. The number of aromatic hydroxyl groups is 1. The first-order chi connectivity index (χ1) is 15.1. The maximum Gasteiger partial charge on any atom is 0.391 e. The van der Waals surface area contributed by atoms with Crippen LogP contribution in [0.3, 0.4) is 0 Å². The van der Waals surface area contributed by atoms with Crippen LogP contribution in [0.1, 0.15) is 18.9 Å². The van der Waals surface area contributed by atoms with Crippen LogP contribution in [-0.2, 0) is 21.1 Å². The Kier molecular flexibility index (Phi) is 6.35. The number of hydrogen-bond acceptors (Lipinski definition) is 7.